The van der Waals surface area contributed by atoms with Crippen LogP contribution in [0.25, 0.3) is 5.57 Å². The van der Waals surface area contributed by atoms with Crippen LogP contribution in [0.2, 0.25) is 0 Å². The number of para-hydroxylation sites is 1. The average molecular weight is 521 g/mol. The van der Waals surface area contributed by atoms with E-state index in [4.69, 9.17) is 9.47 Å². The minimum Gasteiger partial charge on any atom is -0.465 e. The molecule has 9 nitrogen and oxygen atoms in total. The van der Waals surface area contributed by atoms with Gasteiger partial charge >= 0.3 is 11.9 Å². The summed E-state index contributed by atoms with van der Waals surface area (Å²) in [6.07, 6.45) is 0. The Morgan fingerprint density at radius 1 is 0.865 bits per heavy atom. The number of methoxy groups -OCH3 is 2. The van der Waals surface area contributed by atoms with E-state index in [-0.39, 0.29) is 28.9 Å². The molecular weight excluding hydrogens is 496 g/mol. The van der Waals surface area contributed by atoms with Gasteiger partial charge in [0.05, 0.1) is 36.7 Å². The van der Waals surface area contributed by atoms with Crippen LogP contribution in [0, 0.1) is 0 Å². The molecule has 0 saturated heterocycles. The number of sulfonamides is 1. The first-order valence-corrected chi connectivity index (χ1v) is 12.7. The van der Waals surface area contributed by atoms with Gasteiger partial charge in [-0.15, -0.1) is 0 Å². The number of amides is 1. The monoisotopic (exact) mass is 520 g/mol. The largest absolute Gasteiger partial charge is 0.465 e. The van der Waals surface area contributed by atoms with Crippen molar-refractivity contribution >= 4 is 44.8 Å². The minimum absolute atomic E-state index is 0.0507. The first-order valence-electron chi connectivity index (χ1n) is 11.3. The summed E-state index contributed by atoms with van der Waals surface area (Å²) in [5.41, 5.74) is 1.64. The molecule has 1 heterocycles. The lowest BCUT2D eigenvalue weighted by molar-refractivity contribution is -0.112. The fourth-order valence-corrected chi connectivity index (χ4v) is 5.96. The third-order valence-electron chi connectivity index (χ3n) is 5.87. The van der Waals surface area contributed by atoms with Crippen LogP contribution in [0.1, 0.15) is 38.8 Å². The first-order chi connectivity index (χ1) is 17.7. The van der Waals surface area contributed by atoms with Gasteiger partial charge in [0.1, 0.15) is 0 Å². The number of carbonyl (C=O) groups is 3. The zero-order valence-corrected chi connectivity index (χ0v) is 21.2. The van der Waals surface area contributed by atoms with Crippen molar-refractivity contribution in [3.63, 3.8) is 0 Å². The fourth-order valence-electron chi connectivity index (χ4n) is 4.22. The molecule has 3 aromatic carbocycles. The van der Waals surface area contributed by atoms with Crippen LogP contribution in [-0.4, -0.2) is 47.0 Å². The maximum absolute atomic E-state index is 13.9. The smallest absolute Gasteiger partial charge is 0.339 e. The van der Waals surface area contributed by atoms with E-state index >= 15 is 0 Å². The average Bonchev–Trinajstić information content (AvgIpc) is 2.91. The van der Waals surface area contributed by atoms with Crippen molar-refractivity contribution < 1.29 is 32.3 Å². The molecule has 3 aromatic rings. The van der Waals surface area contributed by atoms with Crippen molar-refractivity contribution in [3.8, 4) is 0 Å². The number of fused-ring (bicyclic) bond motifs is 1. The Hall–Kier alpha value is -4.44. The number of nitrogens with zero attached hydrogens (tertiary/aromatic N) is 1. The molecule has 4 rings (SSSR count). The molecule has 1 amide bonds. The summed E-state index contributed by atoms with van der Waals surface area (Å²) in [5.74, 6) is -2.46. The number of rotatable bonds is 6. The number of carbonyl (C=O) groups excluding carboxylic acids is 3. The van der Waals surface area contributed by atoms with Gasteiger partial charge in [-0.2, -0.15) is 0 Å². The fraction of sp³-hybridized carbons (Fsp3) is 0.148. The highest BCUT2D eigenvalue weighted by molar-refractivity contribution is 7.97. The lowest BCUT2D eigenvalue weighted by atomic mass is 9.95. The highest BCUT2D eigenvalue weighted by atomic mass is 32.2. The molecule has 0 atom stereocenters. The summed E-state index contributed by atoms with van der Waals surface area (Å²) >= 11 is 0. The normalized spacial score (nSPS) is 14.0. The van der Waals surface area contributed by atoms with E-state index in [1.807, 2.05) is 0 Å². The summed E-state index contributed by atoms with van der Waals surface area (Å²) in [4.78, 5) is 37.8. The number of hydrogen-bond acceptors (Lipinski definition) is 7. The third-order valence-corrected chi connectivity index (χ3v) is 7.81. The Morgan fingerprint density at radius 2 is 1.51 bits per heavy atom. The van der Waals surface area contributed by atoms with Gasteiger partial charge in [0.15, 0.2) is 4.91 Å². The van der Waals surface area contributed by atoms with Crippen molar-refractivity contribution in [2.75, 3.05) is 30.4 Å². The van der Waals surface area contributed by atoms with Crippen molar-refractivity contribution in [1.29, 1.82) is 0 Å². The predicted octanol–water partition coefficient (Wildman–Crippen LogP) is 3.83. The second-order valence-electron chi connectivity index (χ2n) is 7.95. The minimum atomic E-state index is -4.32. The topological polar surface area (TPSA) is 119 Å². The third kappa shape index (κ3) is 4.58. The summed E-state index contributed by atoms with van der Waals surface area (Å²) in [7, 11) is -1.96. The molecule has 0 unspecified atom stereocenters. The Balaban J connectivity index is 1.96. The van der Waals surface area contributed by atoms with Gasteiger partial charge in [-0.1, -0.05) is 48.5 Å². The second-order valence-corrected chi connectivity index (χ2v) is 9.75. The Kier molecular flexibility index (Phi) is 7.12. The van der Waals surface area contributed by atoms with Crippen LogP contribution in [0.15, 0.2) is 77.7 Å². The standard InChI is InChI=1S/C27H24N2O7S/c1-4-29-22-13-9-8-12-20(22)23(17-10-6-5-7-11-17)24(37(29,33)34)25(30)28-21-16-18(26(31)35-2)14-15-19(21)27(32)36-3/h5-16H,4H2,1-3H3,(H,28,30). The van der Waals surface area contributed by atoms with Crippen LogP contribution < -0.4 is 9.62 Å². The molecule has 0 fully saturated rings. The van der Waals surface area contributed by atoms with Gasteiger partial charge in [-0.25, -0.2) is 18.0 Å². The maximum Gasteiger partial charge on any atom is 0.339 e. The number of anilines is 2. The van der Waals surface area contributed by atoms with E-state index < -0.39 is 32.8 Å². The zero-order chi connectivity index (χ0) is 26.7. The molecule has 37 heavy (non-hydrogen) atoms. The number of ether oxygens (including phenoxy) is 2. The van der Waals surface area contributed by atoms with Crippen molar-refractivity contribution in [1.82, 2.24) is 0 Å². The lowest BCUT2D eigenvalue weighted by Gasteiger charge is -2.32. The number of benzene rings is 3. The second kappa shape index (κ2) is 10.3. The molecule has 1 N–H and O–H groups in total. The molecule has 0 radical (unpaired) electrons. The highest BCUT2D eigenvalue weighted by Crippen LogP contribution is 2.43. The van der Waals surface area contributed by atoms with Crippen molar-refractivity contribution in [3.05, 3.63) is 100.0 Å². The van der Waals surface area contributed by atoms with Crippen LogP contribution in [0.3, 0.4) is 0 Å². The van der Waals surface area contributed by atoms with Crippen molar-refractivity contribution in [2.24, 2.45) is 0 Å². The molecule has 0 saturated carbocycles. The SMILES string of the molecule is CCN1c2ccccc2C(c2ccccc2)=C(C(=O)Nc2cc(C(=O)OC)ccc2C(=O)OC)S1(=O)=O. The van der Waals surface area contributed by atoms with Crippen LogP contribution in [0.4, 0.5) is 11.4 Å². The molecule has 1 aliphatic rings. The molecule has 1 aliphatic heterocycles. The van der Waals surface area contributed by atoms with E-state index in [1.165, 1.54) is 32.4 Å². The number of nitrogens with one attached hydrogen (secondary N) is 1. The summed E-state index contributed by atoms with van der Waals surface area (Å²) in [6.45, 7) is 1.76. The van der Waals surface area contributed by atoms with Crippen LogP contribution in [0.5, 0.6) is 0 Å². The van der Waals surface area contributed by atoms with E-state index in [9.17, 15) is 22.8 Å². The van der Waals surface area contributed by atoms with Gasteiger partial charge in [0.25, 0.3) is 15.9 Å². The van der Waals surface area contributed by atoms with Gasteiger partial charge < -0.3 is 14.8 Å². The predicted molar refractivity (Wildman–Crippen MR) is 139 cm³/mol. The molecule has 190 valence electrons. The molecule has 0 aliphatic carbocycles. The molecule has 0 spiro atoms. The summed E-state index contributed by atoms with van der Waals surface area (Å²) < 4.78 is 38.4. The van der Waals surface area contributed by atoms with Gasteiger partial charge in [0.2, 0.25) is 0 Å². The van der Waals surface area contributed by atoms with Crippen LogP contribution in [-0.2, 0) is 24.3 Å². The van der Waals surface area contributed by atoms with Crippen LogP contribution >= 0.6 is 0 Å². The maximum atomic E-state index is 13.9. The van der Waals surface area contributed by atoms with E-state index in [0.29, 0.717) is 16.8 Å². The quantitative estimate of drug-likeness (QED) is 0.491. The first kappa shape index (κ1) is 25.6. The van der Waals surface area contributed by atoms with Crippen molar-refractivity contribution in [2.45, 2.75) is 6.92 Å². The Labute approximate surface area is 214 Å². The zero-order valence-electron chi connectivity index (χ0n) is 20.3. The summed E-state index contributed by atoms with van der Waals surface area (Å²) in [6, 6.07) is 19.5. The van der Waals surface area contributed by atoms with Gasteiger partial charge in [0, 0.05) is 17.7 Å². The summed E-state index contributed by atoms with van der Waals surface area (Å²) in [5, 5.41) is 2.53. The van der Waals surface area contributed by atoms with Gasteiger partial charge in [-0.05, 0) is 36.8 Å². The number of esters is 2. The Bertz CT molecular complexity index is 1530. The number of hydrogen-bond donors (Lipinski definition) is 1. The van der Waals surface area contributed by atoms with E-state index in [2.05, 4.69) is 5.32 Å². The molecule has 0 aromatic heterocycles. The molecule has 10 heteroatoms. The lowest BCUT2D eigenvalue weighted by Crippen LogP contribution is -2.39. The molecular formula is C27H24N2O7S. The van der Waals surface area contributed by atoms with E-state index in [0.717, 1.165) is 4.31 Å². The molecule has 0 bridgehead atoms. The van der Waals surface area contributed by atoms with E-state index in [1.54, 1.807) is 61.5 Å². The Morgan fingerprint density at radius 3 is 2.16 bits per heavy atom. The van der Waals surface area contributed by atoms with Gasteiger partial charge in [-0.3, -0.25) is 9.10 Å². The highest BCUT2D eigenvalue weighted by Gasteiger charge is 2.41.